The Morgan fingerprint density at radius 1 is 1.21 bits per heavy atom. The Morgan fingerprint density at radius 2 is 1.95 bits per heavy atom. The monoisotopic (exact) mass is 259 g/mol. The number of nitrogens with zero attached hydrogens (tertiary/aromatic N) is 1. The maximum absolute atomic E-state index is 11.9. The van der Waals surface area contributed by atoms with E-state index in [0.29, 0.717) is 17.9 Å². The van der Waals surface area contributed by atoms with Crippen molar-refractivity contribution in [1.29, 1.82) is 0 Å². The summed E-state index contributed by atoms with van der Waals surface area (Å²) in [5.41, 5.74) is 0.656. The third-order valence-corrected chi connectivity index (χ3v) is 2.64. The summed E-state index contributed by atoms with van der Waals surface area (Å²) in [7, 11) is 1.88. The van der Waals surface area contributed by atoms with Gasteiger partial charge in [0.05, 0.1) is 6.61 Å². The lowest BCUT2D eigenvalue weighted by Gasteiger charge is -2.07. The van der Waals surface area contributed by atoms with Crippen LogP contribution in [-0.2, 0) is 7.05 Å². The Bertz CT molecular complexity index is 560. The summed E-state index contributed by atoms with van der Waals surface area (Å²) in [5, 5.41) is 0. The van der Waals surface area contributed by atoms with Crippen LogP contribution in [0.1, 0.15) is 17.3 Å². The van der Waals surface area contributed by atoms with E-state index in [1.54, 1.807) is 24.4 Å². The molecule has 0 fully saturated rings. The molecule has 1 aromatic carbocycles. The summed E-state index contributed by atoms with van der Waals surface area (Å²) in [4.78, 5) is 11.9. The fourth-order valence-electron chi connectivity index (χ4n) is 1.72. The van der Waals surface area contributed by atoms with Crippen molar-refractivity contribution in [2.45, 2.75) is 6.92 Å². The van der Waals surface area contributed by atoms with Crippen molar-refractivity contribution < 1.29 is 14.3 Å². The molecular formula is C15H17NO3. The van der Waals surface area contributed by atoms with Crippen molar-refractivity contribution in [3.63, 3.8) is 0 Å². The van der Waals surface area contributed by atoms with Crippen LogP contribution in [0.25, 0.3) is 0 Å². The SMILES string of the molecule is CCOc1cccc(OCC(=O)c2ccn(C)c2)c1. The normalized spacial score (nSPS) is 10.2. The highest BCUT2D eigenvalue weighted by Gasteiger charge is 2.08. The molecule has 0 radical (unpaired) electrons. The number of carbonyl (C=O) groups excluding carboxylic acids is 1. The highest BCUT2D eigenvalue weighted by molar-refractivity contribution is 5.97. The van der Waals surface area contributed by atoms with Gasteiger partial charge in [0, 0.05) is 31.1 Å². The molecule has 2 aromatic rings. The van der Waals surface area contributed by atoms with Gasteiger partial charge in [-0.2, -0.15) is 0 Å². The number of carbonyl (C=O) groups is 1. The Balaban J connectivity index is 1.95. The maximum Gasteiger partial charge on any atom is 0.201 e. The van der Waals surface area contributed by atoms with E-state index in [-0.39, 0.29) is 12.4 Å². The summed E-state index contributed by atoms with van der Waals surface area (Å²) in [6.07, 6.45) is 3.62. The standard InChI is InChI=1S/C15H17NO3/c1-3-18-13-5-4-6-14(9-13)19-11-15(17)12-7-8-16(2)10-12/h4-10H,3,11H2,1-2H3. The van der Waals surface area contributed by atoms with Crippen molar-refractivity contribution in [3.05, 3.63) is 48.3 Å². The minimum Gasteiger partial charge on any atom is -0.494 e. The average molecular weight is 259 g/mol. The second-order valence-corrected chi connectivity index (χ2v) is 4.19. The van der Waals surface area contributed by atoms with Gasteiger partial charge in [-0.3, -0.25) is 4.79 Å². The van der Waals surface area contributed by atoms with Crippen LogP contribution < -0.4 is 9.47 Å². The highest BCUT2D eigenvalue weighted by atomic mass is 16.5. The fourth-order valence-corrected chi connectivity index (χ4v) is 1.72. The van der Waals surface area contributed by atoms with Crippen LogP contribution in [0.4, 0.5) is 0 Å². The van der Waals surface area contributed by atoms with Crippen LogP contribution in [0.15, 0.2) is 42.7 Å². The van der Waals surface area contributed by atoms with Crippen molar-refractivity contribution in [3.8, 4) is 11.5 Å². The van der Waals surface area contributed by atoms with E-state index in [0.717, 1.165) is 5.75 Å². The fraction of sp³-hybridized carbons (Fsp3) is 0.267. The van der Waals surface area contributed by atoms with Gasteiger partial charge in [-0.25, -0.2) is 0 Å². The van der Waals surface area contributed by atoms with Gasteiger partial charge < -0.3 is 14.0 Å². The number of hydrogen-bond donors (Lipinski definition) is 0. The van der Waals surface area contributed by atoms with Gasteiger partial charge in [-0.15, -0.1) is 0 Å². The molecule has 1 aromatic heterocycles. The maximum atomic E-state index is 11.9. The molecule has 0 amide bonds. The average Bonchev–Trinajstić information content (AvgIpc) is 2.84. The molecule has 4 nitrogen and oxygen atoms in total. The molecule has 0 saturated heterocycles. The van der Waals surface area contributed by atoms with Gasteiger partial charge in [-0.1, -0.05) is 6.07 Å². The molecule has 4 heteroatoms. The van der Waals surface area contributed by atoms with Crippen molar-refractivity contribution in [1.82, 2.24) is 4.57 Å². The topological polar surface area (TPSA) is 40.5 Å². The molecule has 19 heavy (non-hydrogen) atoms. The van der Waals surface area contributed by atoms with Crippen LogP contribution in [0.3, 0.4) is 0 Å². The van der Waals surface area contributed by atoms with Crippen LogP contribution in [0.2, 0.25) is 0 Å². The van der Waals surface area contributed by atoms with Gasteiger partial charge in [-0.05, 0) is 25.1 Å². The van der Waals surface area contributed by atoms with Gasteiger partial charge >= 0.3 is 0 Å². The molecule has 0 N–H and O–H groups in total. The van der Waals surface area contributed by atoms with Gasteiger partial charge in [0.25, 0.3) is 0 Å². The second-order valence-electron chi connectivity index (χ2n) is 4.19. The third kappa shape index (κ3) is 3.61. The number of ketones is 1. The molecule has 0 bridgehead atoms. The molecule has 2 rings (SSSR count). The summed E-state index contributed by atoms with van der Waals surface area (Å²) in [6, 6.07) is 9.06. The number of rotatable bonds is 6. The molecular weight excluding hydrogens is 242 g/mol. The zero-order chi connectivity index (χ0) is 13.7. The van der Waals surface area contributed by atoms with Gasteiger partial charge in [0.1, 0.15) is 11.5 Å². The smallest absolute Gasteiger partial charge is 0.201 e. The van der Waals surface area contributed by atoms with E-state index in [1.807, 2.05) is 36.9 Å². The number of benzene rings is 1. The summed E-state index contributed by atoms with van der Waals surface area (Å²) in [6.45, 7) is 2.55. The molecule has 0 saturated carbocycles. The zero-order valence-corrected chi connectivity index (χ0v) is 11.1. The van der Waals surface area contributed by atoms with Crippen molar-refractivity contribution >= 4 is 5.78 Å². The number of ether oxygens (including phenoxy) is 2. The van der Waals surface area contributed by atoms with Gasteiger partial charge in [0.2, 0.25) is 5.78 Å². The first kappa shape index (κ1) is 13.2. The largest absolute Gasteiger partial charge is 0.494 e. The summed E-state index contributed by atoms with van der Waals surface area (Å²) in [5.74, 6) is 1.34. The van der Waals surface area contributed by atoms with Crippen LogP contribution in [-0.4, -0.2) is 23.6 Å². The van der Waals surface area contributed by atoms with Gasteiger partial charge in [0.15, 0.2) is 6.61 Å². The Labute approximate surface area is 112 Å². The van der Waals surface area contributed by atoms with Crippen molar-refractivity contribution in [2.75, 3.05) is 13.2 Å². The van der Waals surface area contributed by atoms with E-state index in [4.69, 9.17) is 9.47 Å². The number of aryl methyl sites for hydroxylation is 1. The minimum atomic E-state index is -0.0394. The minimum absolute atomic E-state index is 0.0274. The quantitative estimate of drug-likeness (QED) is 0.749. The molecule has 0 spiro atoms. The van der Waals surface area contributed by atoms with E-state index >= 15 is 0 Å². The molecule has 0 aliphatic heterocycles. The molecule has 0 aliphatic carbocycles. The Hall–Kier alpha value is -2.23. The van der Waals surface area contributed by atoms with E-state index in [2.05, 4.69) is 0 Å². The highest BCUT2D eigenvalue weighted by Crippen LogP contribution is 2.19. The van der Waals surface area contributed by atoms with E-state index < -0.39 is 0 Å². The molecule has 0 aliphatic rings. The first-order valence-corrected chi connectivity index (χ1v) is 6.20. The van der Waals surface area contributed by atoms with Crippen LogP contribution >= 0.6 is 0 Å². The third-order valence-electron chi connectivity index (χ3n) is 2.64. The van der Waals surface area contributed by atoms with Crippen LogP contribution in [0.5, 0.6) is 11.5 Å². The predicted octanol–water partition coefficient (Wildman–Crippen LogP) is 2.69. The molecule has 1 heterocycles. The Kier molecular flexibility index (Phi) is 4.23. The molecule has 0 atom stereocenters. The first-order chi connectivity index (χ1) is 9.19. The lowest BCUT2D eigenvalue weighted by molar-refractivity contribution is 0.0921. The number of aromatic nitrogens is 1. The zero-order valence-electron chi connectivity index (χ0n) is 11.1. The number of Topliss-reactive ketones (excluding diaryl/α,β-unsaturated/α-hetero) is 1. The summed E-state index contributed by atoms with van der Waals surface area (Å²) < 4.78 is 12.7. The van der Waals surface area contributed by atoms with Crippen LogP contribution in [0, 0.1) is 0 Å². The molecule has 0 unspecified atom stereocenters. The lowest BCUT2D eigenvalue weighted by Crippen LogP contribution is -2.11. The number of hydrogen-bond acceptors (Lipinski definition) is 3. The first-order valence-electron chi connectivity index (χ1n) is 6.20. The second kappa shape index (κ2) is 6.09. The lowest BCUT2D eigenvalue weighted by atomic mass is 10.2. The molecule has 100 valence electrons. The predicted molar refractivity (Wildman–Crippen MR) is 72.8 cm³/mol. The Morgan fingerprint density at radius 3 is 2.58 bits per heavy atom. The van der Waals surface area contributed by atoms with E-state index in [1.165, 1.54) is 0 Å². The summed E-state index contributed by atoms with van der Waals surface area (Å²) >= 11 is 0. The van der Waals surface area contributed by atoms with E-state index in [9.17, 15) is 4.79 Å². The van der Waals surface area contributed by atoms with Crippen molar-refractivity contribution in [2.24, 2.45) is 7.05 Å².